The van der Waals surface area contributed by atoms with Crippen LogP contribution < -0.4 is 10.5 Å². The van der Waals surface area contributed by atoms with E-state index >= 15 is 0 Å². The van der Waals surface area contributed by atoms with E-state index in [-0.39, 0.29) is 10.8 Å². The lowest BCUT2D eigenvalue weighted by atomic mass is 10.2. The predicted octanol–water partition coefficient (Wildman–Crippen LogP) is -0.306. The molecule has 6 heteroatoms. The molecule has 0 aliphatic heterocycles. The van der Waals surface area contributed by atoms with Crippen molar-refractivity contribution in [3.05, 3.63) is 29.8 Å². The number of primary sulfonamides is 1. The Morgan fingerprint density at radius 3 is 2.14 bits per heavy atom. The second-order valence-corrected chi connectivity index (χ2v) is 4.21. The van der Waals surface area contributed by atoms with Crippen LogP contribution in [-0.2, 0) is 10.0 Å². The number of amides is 1. The van der Waals surface area contributed by atoms with Crippen molar-refractivity contribution >= 4 is 15.9 Å². The van der Waals surface area contributed by atoms with Gasteiger partial charge < -0.3 is 5.32 Å². The van der Waals surface area contributed by atoms with E-state index in [2.05, 4.69) is 5.32 Å². The highest BCUT2D eigenvalue weighted by Crippen LogP contribution is 2.08. The molecule has 1 aromatic rings. The van der Waals surface area contributed by atoms with Crippen LogP contribution in [0.1, 0.15) is 10.4 Å². The van der Waals surface area contributed by atoms with E-state index in [0.717, 1.165) is 0 Å². The average molecular weight is 214 g/mol. The Kier molecular flexibility index (Phi) is 2.87. The summed E-state index contributed by atoms with van der Waals surface area (Å²) in [6.45, 7) is 0. The molecule has 0 aromatic heterocycles. The smallest absolute Gasteiger partial charge is 0.251 e. The SMILES string of the molecule is CNC(=O)c1ccc(S(N)(=O)=O)cc1. The first-order valence-corrected chi connectivity index (χ1v) is 5.34. The third-order valence-corrected chi connectivity index (χ3v) is 2.60. The van der Waals surface area contributed by atoms with Gasteiger partial charge in [0.25, 0.3) is 5.91 Å². The Balaban J connectivity index is 3.07. The summed E-state index contributed by atoms with van der Waals surface area (Å²) in [6, 6.07) is 5.39. The highest BCUT2D eigenvalue weighted by atomic mass is 32.2. The molecule has 1 aromatic carbocycles. The van der Waals surface area contributed by atoms with Crippen LogP contribution in [0.25, 0.3) is 0 Å². The summed E-state index contributed by atoms with van der Waals surface area (Å²) in [5.74, 6) is -0.272. The monoisotopic (exact) mass is 214 g/mol. The summed E-state index contributed by atoms with van der Waals surface area (Å²) in [7, 11) is -2.19. The van der Waals surface area contributed by atoms with Crippen LogP contribution >= 0.6 is 0 Å². The summed E-state index contributed by atoms with van der Waals surface area (Å²) in [4.78, 5) is 11.1. The average Bonchev–Trinajstić information content (AvgIpc) is 2.15. The van der Waals surface area contributed by atoms with Gasteiger partial charge in [-0.2, -0.15) is 0 Å². The molecule has 0 saturated carbocycles. The zero-order valence-electron chi connectivity index (χ0n) is 7.52. The second-order valence-electron chi connectivity index (χ2n) is 2.65. The van der Waals surface area contributed by atoms with Gasteiger partial charge in [0.15, 0.2) is 0 Å². The van der Waals surface area contributed by atoms with Gasteiger partial charge in [-0.15, -0.1) is 0 Å². The fraction of sp³-hybridized carbons (Fsp3) is 0.125. The van der Waals surface area contributed by atoms with Gasteiger partial charge in [-0.3, -0.25) is 4.79 Å². The van der Waals surface area contributed by atoms with E-state index in [4.69, 9.17) is 5.14 Å². The zero-order chi connectivity index (χ0) is 10.8. The standard InChI is InChI=1S/C8H10N2O3S/c1-10-8(11)6-2-4-7(5-3-6)14(9,12)13/h2-5H,1H3,(H,10,11)(H2,9,12,13). The minimum absolute atomic E-state index is 0.00912. The summed E-state index contributed by atoms with van der Waals surface area (Å²) >= 11 is 0. The molecular formula is C8H10N2O3S. The second kappa shape index (κ2) is 3.77. The quantitative estimate of drug-likeness (QED) is 0.707. The molecule has 3 N–H and O–H groups in total. The Bertz CT molecular complexity index is 436. The fourth-order valence-corrected chi connectivity index (χ4v) is 1.46. The van der Waals surface area contributed by atoms with Gasteiger partial charge in [0, 0.05) is 12.6 Å². The third kappa shape index (κ3) is 2.30. The number of nitrogens with one attached hydrogen (secondary N) is 1. The number of carbonyl (C=O) groups is 1. The Hall–Kier alpha value is -1.40. The van der Waals surface area contributed by atoms with E-state index < -0.39 is 10.0 Å². The highest BCUT2D eigenvalue weighted by Gasteiger charge is 2.08. The van der Waals surface area contributed by atoms with Crippen LogP contribution in [0.5, 0.6) is 0 Å². The molecule has 5 nitrogen and oxygen atoms in total. The van der Waals surface area contributed by atoms with Crippen LogP contribution in [0, 0.1) is 0 Å². The van der Waals surface area contributed by atoms with Crippen LogP contribution in [0.4, 0.5) is 0 Å². The number of sulfonamides is 1. The number of nitrogens with two attached hydrogens (primary N) is 1. The lowest BCUT2D eigenvalue weighted by molar-refractivity contribution is 0.0963. The van der Waals surface area contributed by atoms with Crippen LogP contribution in [-0.4, -0.2) is 21.4 Å². The van der Waals surface area contributed by atoms with Crippen molar-refractivity contribution in [2.75, 3.05) is 7.05 Å². The maximum atomic E-state index is 11.1. The molecule has 0 fully saturated rings. The predicted molar refractivity (Wildman–Crippen MR) is 51.2 cm³/mol. The molecule has 0 aliphatic rings. The molecule has 1 amide bonds. The first kappa shape index (κ1) is 10.7. The summed E-state index contributed by atoms with van der Waals surface area (Å²) in [5.41, 5.74) is 0.389. The minimum atomic E-state index is -3.68. The lowest BCUT2D eigenvalue weighted by Gasteiger charge is -2.00. The van der Waals surface area contributed by atoms with Gasteiger partial charge in [0.1, 0.15) is 0 Å². The fourth-order valence-electron chi connectivity index (χ4n) is 0.940. The molecule has 0 unspecified atom stereocenters. The van der Waals surface area contributed by atoms with Gasteiger partial charge in [-0.05, 0) is 24.3 Å². The molecule has 0 bridgehead atoms. The van der Waals surface area contributed by atoms with Crippen molar-refractivity contribution in [1.82, 2.24) is 5.32 Å². The molecule has 0 atom stereocenters. The van der Waals surface area contributed by atoms with Crippen molar-refractivity contribution in [2.45, 2.75) is 4.90 Å². The van der Waals surface area contributed by atoms with Crippen LogP contribution in [0.2, 0.25) is 0 Å². The Labute approximate surface area is 82.0 Å². The number of hydrogen-bond acceptors (Lipinski definition) is 3. The first-order valence-electron chi connectivity index (χ1n) is 3.80. The van der Waals surface area contributed by atoms with Gasteiger partial charge >= 0.3 is 0 Å². The molecule has 14 heavy (non-hydrogen) atoms. The van der Waals surface area contributed by atoms with E-state index in [0.29, 0.717) is 5.56 Å². The van der Waals surface area contributed by atoms with E-state index in [9.17, 15) is 13.2 Å². The van der Waals surface area contributed by atoms with Gasteiger partial charge in [-0.25, -0.2) is 13.6 Å². The van der Waals surface area contributed by atoms with Crippen molar-refractivity contribution in [3.63, 3.8) is 0 Å². The van der Waals surface area contributed by atoms with Crippen molar-refractivity contribution in [2.24, 2.45) is 5.14 Å². The van der Waals surface area contributed by atoms with Gasteiger partial charge in [0.05, 0.1) is 4.90 Å². The number of carbonyl (C=O) groups excluding carboxylic acids is 1. The highest BCUT2D eigenvalue weighted by molar-refractivity contribution is 7.89. The van der Waals surface area contributed by atoms with Crippen LogP contribution in [0.15, 0.2) is 29.2 Å². The Morgan fingerprint density at radius 1 is 1.29 bits per heavy atom. The molecule has 1 rings (SSSR count). The van der Waals surface area contributed by atoms with Crippen LogP contribution in [0.3, 0.4) is 0 Å². The Morgan fingerprint density at radius 2 is 1.79 bits per heavy atom. The van der Waals surface area contributed by atoms with Crippen molar-refractivity contribution in [3.8, 4) is 0 Å². The lowest BCUT2D eigenvalue weighted by Crippen LogP contribution is -2.18. The maximum Gasteiger partial charge on any atom is 0.251 e. The van der Waals surface area contributed by atoms with Crippen molar-refractivity contribution in [1.29, 1.82) is 0 Å². The molecule has 0 saturated heterocycles. The molecule has 76 valence electrons. The normalized spacial score (nSPS) is 11.0. The molecule has 0 radical (unpaired) electrons. The molecule has 0 heterocycles. The van der Waals surface area contributed by atoms with E-state index in [1.54, 1.807) is 0 Å². The van der Waals surface area contributed by atoms with Crippen molar-refractivity contribution < 1.29 is 13.2 Å². The molecule has 0 aliphatic carbocycles. The molecular weight excluding hydrogens is 204 g/mol. The largest absolute Gasteiger partial charge is 0.355 e. The van der Waals surface area contributed by atoms with Gasteiger partial charge in [-0.1, -0.05) is 0 Å². The van der Waals surface area contributed by atoms with Gasteiger partial charge in [0.2, 0.25) is 10.0 Å². The summed E-state index contributed by atoms with van der Waals surface area (Å²) < 4.78 is 21.7. The topological polar surface area (TPSA) is 89.3 Å². The molecule has 0 spiro atoms. The minimum Gasteiger partial charge on any atom is -0.355 e. The number of rotatable bonds is 2. The maximum absolute atomic E-state index is 11.1. The zero-order valence-corrected chi connectivity index (χ0v) is 8.34. The van der Waals surface area contributed by atoms with E-state index in [1.165, 1.54) is 31.3 Å². The third-order valence-electron chi connectivity index (χ3n) is 1.67. The first-order chi connectivity index (χ1) is 6.45. The summed E-state index contributed by atoms with van der Waals surface area (Å²) in [5, 5.41) is 7.31. The number of benzene rings is 1. The number of hydrogen-bond donors (Lipinski definition) is 2. The summed E-state index contributed by atoms with van der Waals surface area (Å²) in [6.07, 6.45) is 0. The van der Waals surface area contributed by atoms with E-state index in [1.807, 2.05) is 0 Å².